The van der Waals surface area contributed by atoms with Gasteiger partial charge in [0.15, 0.2) is 0 Å². The number of aromatic hydroxyl groups is 1. The van der Waals surface area contributed by atoms with E-state index < -0.39 is 16.7 Å². The Hall–Kier alpha value is -2.97. The van der Waals surface area contributed by atoms with Crippen molar-refractivity contribution >= 4 is 23.7 Å². The molecule has 0 aliphatic carbocycles. The van der Waals surface area contributed by atoms with Gasteiger partial charge in [-0.2, -0.15) is 5.10 Å². The molecule has 9 nitrogen and oxygen atoms in total. The fraction of sp³-hybridized carbons (Fsp3) is 0.308. The Kier molecular flexibility index (Phi) is 5.99. The Morgan fingerprint density at radius 3 is 2.68 bits per heavy atom. The number of rotatable bonds is 5. The number of carbonyl (C=O) groups excluding carboxylic acids is 2. The molecule has 0 bridgehead atoms. The average Bonchev–Trinajstić information content (AvgIpc) is 2.46. The first-order chi connectivity index (χ1) is 10.3. The molecule has 3 N–H and O–H groups in total. The van der Waals surface area contributed by atoms with Gasteiger partial charge in [-0.25, -0.2) is 5.43 Å². The van der Waals surface area contributed by atoms with Gasteiger partial charge in [-0.15, -0.1) is 0 Å². The van der Waals surface area contributed by atoms with E-state index in [9.17, 15) is 24.8 Å². The minimum absolute atomic E-state index is 0.0390. The van der Waals surface area contributed by atoms with Crippen molar-refractivity contribution in [2.45, 2.75) is 13.8 Å². The van der Waals surface area contributed by atoms with Gasteiger partial charge in [0, 0.05) is 24.2 Å². The van der Waals surface area contributed by atoms with E-state index in [1.54, 1.807) is 0 Å². The van der Waals surface area contributed by atoms with Crippen LogP contribution in [-0.4, -0.2) is 34.6 Å². The highest BCUT2D eigenvalue weighted by Crippen LogP contribution is 2.21. The van der Waals surface area contributed by atoms with Crippen LogP contribution in [0, 0.1) is 16.0 Å². The van der Waals surface area contributed by atoms with E-state index in [0.29, 0.717) is 6.54 Å². The van der Waals surface area contributed by atoms with Crippen LogP contribution in [0.4, 0.5) is 5.69 Å². The lowest BCUT2D eigenvalue weighted by Crippen LogP contribution is -2.39. The molecule has 0 aromatic heterocycles. The van der Waals surface area contributed by atoms with Gasteiger partial charge >= 0.3 is 11.8 Å². The van der Waals surface area contributed by atoms with Crippen LogP contribution in [-0.2, 0) is 9.59 Å². The van der Waals surface area contributed by atoms with Crippen molar-refractivity contribution in [3.8, 4) is 5.75 Å². The Bertz CT molecular complexity index is 612. The number of phenolic OH excluding ortho intramolecular Hbond substituents is 1. The normalized spacial score (nSPS) is 10.7. The van der Waals surface area contributed by atoms with Gasteiger partial charge in [-0.05, 0) is 12.0 Å². The quantitative estimate of drug-likeness (QED) is 0.315. The van der Waals surface area contributed by atoms with Crippen molar-refractivity contribution in [1.82, 2.24) is 10.7 Å². The van der Waals surface area contributed by atoms with Crippen LogP contribution in [0.25, 0.3) is 0 Å². The fourth-order valence-corrected chi connectivity index (χ4v) is 1.35. The summed E-state index contributed by atoms with van der Waals surface area (Å²) in [6, 6.07) is 3.35. The molecular formula is C13H16N4O5. The molecule has 0 saturated carbocycles. The predicted octanol–water partition coefficient (Wildman–Crippen LogP) is 0.523. The summed E-state index contributed by atoms with van der Waals surface area (Å²) in [6.45, 7) is 4.10. The topological polar surface area (TPSA) is 134 Å². The van der Waals surface area contributed by atoms with Crippen LogP contribution in [0.5, 0.6) is 5.75 Å². The maximum Gasteiger partial charge on any atom is 0.329 e. The van der Waals surface area contributed by atoms with Crippen LogP contribution in [0.2, 0.25) is 0 Å². The number of amides is 2. The first kappa shape index (κ1) is 17.1. The van der Waals surface area contributed by atoms with Crippen LogP contribution >= 0.6 is 0 Å². The van der Waals surface area contributed by atoms with Crippen molar-refractivity contribution in [2.24, 2.45) is 11.0 Å². The van der Waals surface area contributed by atoms with Crippen molar-refractivity contribution in [3.05, 3.63) is 33.9 Å². The molecule has 0 saturated heterocycles. The molecule has 0 unspecified atom stereocenters. The van der Waals surface area contributed by atoms with E-state index in [4.69, 9.17) is 0 Å². The van der Waals surface area contributed by atoms with Gasteiger partial charge in [0.05, 0.1) is 11.1 Å². The summed E-state index contributed by atoms with van der Waals surface area (Å²) in [5.41, 5.74) is 1.77. The first-order valence-electron chi connectivity index (χ1n) is 6.40. The third-order valence-corrected chi connectivity index (χ3v) is 2.47. The highest BCUT2D eigenvalue weighted by atomic mass is 16.6. The molecule has 1 rings (SSSR count). The maximum atomic E-state index is 11.4. The molecule has 22 heavy (non-hydrogen) atoms. The van der Waals surface area contributed by atoms with Crippen LogP contribution in [0.1, 0.15) is 19.4 Å². The van der Waals surface area contributed by atoms with Gasteiger partial charge in [0.2, 0.25) is 0 Å². The van der Waals surface area contributed by atoms with Crippen LogP contribution in [0.3, 0.4) is 0 Å². The monoisotopic (exact) mass is 308 g/mol. The zero-order valence-electron chi connectivity index (χ0n) is 12.1. The van der Waals surface area contributed by atoms with E-state index >= 15 is 0 Å². The molecule has 1 aromatic rings. The van der Waals surface area contributed by atoms with Crippen LogP contribution in [0.15, 0.2) is 23.3 Å². The summed E-state index contributed by atoms with van der Waals surface area (Å²) >= 11 is 0. The lowest BCUT2D eigenvalue weighted by Gasteiger charge is -2.05. The van der Waals surface area contributed by atoms with Crippen LogP contribution < -0.4 is 10.7 Å². The highest BCUT2D eigenvalue weighted by Gasteiger charge is 2.13. The molecule has 0 aliphatic rings. The number of benzene rings is 1. The van der Waals surface area contributed by atoms with E-state index in [0.717, 1.165) is 24.4 Å². The molecule has 0 spiro atoms. The smallest absolute Gasteiger partial charge is 0.329 e. The molecule has 0 aliphatic heterocycles. The van der Waals surface area contributed by atoms with Crippen molar-refractivity contribution in [2.75, 3.05) is 6.54 Å². The molecule has 1 aromatic carbocycles. The molecule has 0 heterocycles. The molecule has 2 amide bonds. The fourth-order valence-electron chi connectivity index (χ4n) is 1.35. The summed E-state index contributed by atoms with van der Waals surface area (Å²) in [5, 5.41) is 26.0. The Morgan fingerprint density at radius 1 is 1.41 bits per heavy atom. The average molecular weight is 308 g/mol. The molecule has 118 valence electrons. The molecule has 9 heteroatoms. The number of nitro benzene ring substituents is 1. The minimum atomic E-state index is -0.971. The van der Waals surface area contributed by atoms with E-state index in [1.165, 1.54) is 0 Å². The Balaban J connectivity index is 2.66. The highest BCUT2D eigenvalue weighted by molar-refractivity contribution is 6.35. The summed E-state index contributed by atoms with van der Waals surface area (Å²) in [5.74, 6) is -1.86. The number of carbonyl (C=O) groups is 2. The summed E-state index contributed by atoms with van der Waals surface area (Å²) in [6.07, 6.45) is 1.01. The van der Waals surface area contributed by atoms with Gasteiger partial charge in [0.1, 0.15) is 5.75 Å². The number of non-ortho nitro benzene ring substituents is 1. The number of nitro groups is 1. The molecule has 0 radical (unpaired) electrons. The predicted molar refractivity (Wildman–Crippen MR) is 78.3 cm³/mol. The number of nitrogens with zero attached hydrogens (tertiary/aromatic N) is 2. The molecular weight excluding hydrogens is 292 g/mol. The second-order valence-corrected chi connectivity index (χ2v) is 4.80. The summed E-state index contributed by atoms with van der Waals surface area (Å²) in [7, 11) is 0. The van der Waals surface area contributed by atoms with E-state index in [1.807, 2.05) is 19.3 Å². The van der Waals surface area contributed by atoms with Gasteiger partial charge in [-0.1, -0.05) is 13.8 Å². The number of hydrogen-bond acceptors (Lipinski definition) is 6. The third kappa shape index (κ3) is 5.19. The summed E-state index contributed by atoms with van der Waals surface area (Å²) in [4.78, 5) is 32.8. The lowest BCUT2D eigenvalue weighted by atomic mass is 10.2. The Morgan fingerprint density at radius 2 is 2.09 bits per heavy atom. The number of hydrogen-bond donors (Lipinski definition) is 3. The second-order valence-electron chi connectivity index (χ2n) is 4.80. The summed E-state index contributed by atoms with van der Waals surface area (Å²) < 4.78 is 0. The third-order valence-electron chi connectivity index (χ3n) is 2.47. The standard InChI is InChI=1S/C13H16N4O5/c1-8(2)6-14-12(19)13(20)16-15-7-9-5-10(17(21)22)3-4-11(9)18/h3-5,7-8,18H,6H2,1-2H3,(H,14,19)(H,16,20)/b15-7-. The maximum absolute atomic E-state index is 11.4. The van der Waals surface area contributed by atoms with E-state index in [-0.39, 0.29) is 22.9 Å². The van der Waals surface area contributed by atoms with Gasteiger partial charge < -0.3 is 10.4 Å². The second kappa shape index (κ2) is 7.72. The van der Waals surface area contributed by atoms with Gasteiger partial charge in [0.25, 0.3) is 5.69 Å². The SMILES string of the molecule is CC(C)CNC(=O)C(=O)N/N=C\c1cc([N+](=O)[O-])ccc1O. The van der Waals surface area contributed by atoms with Crippen molar-refractivity contribution < 1.29 is 19.6 Å². The zero-order chi connectivity index (χ0) is 16.7. The molecule has 0 atom stereocenters. The van der Waals surface area contributed by atoms with Crippen molar-refractivity contribution in [1.29, 1.82) is 0 Å². The largest absolute Gasteiger partial charge is 0.507 e. The number of phenols is 1. The van der Waals surface area contributed by atoms with Crippen molar-refractivity contribution in [3.63, 3.8) is 0 Å². The number of hydrazone groups is 1. The number of nitrogens with one attached hydrogen (secondary N) is 2. The van der Waals surface area contributed by atoms with Gasteiger partial charge in [-0.3, -0.25) is 19.7 Å². The first-order valence-corrected chi connectivity index (χ1v) is 6.40. The zero-order valence-corrected chi connectivity index (χ0v) is 12.1. The minimum Gasteiger partial charge on any atom is -0.507 e. The van der Waals surface area contributed by atoms with E-state index in [2.05, 4.69) is 10.4 Å². The lowest BCUT2D eigenvalue weighted by molar-refractivity contribution is -0.384. The Labute approximate surface area is 126 Å². The molecule has 0 fully saturated rings.